The van der Waals surface area contributed by atoms with E-state index in [-0.39, 0.29) is 0 Å². The highest BCUT2D eigenvalue weighted by Gasteiger charge is 2.07. The van der Waals surface area contributed by atoms with Crippen LogP contribution in [0.1, 0.15) is 39.5 Å². The number of hydrogen-bond donors (Lipinski definition) is 0. The van der Waals surface area contributed by atoms with Crippen LogP contribution in [-0.2, 0) is 13.9 Å². The van der Waals surface area contributed by atoms with Crippen molar-refractivity contribution < 1.29 is 13.9 Å². The first-order valence-electron chi connectivity index (χ1n) is 5.25. The van der Waals surface area contributed by atoms with Crippen molar-refractivity contribution in [1.29, 1.82) is 0 Å². The Balaban J connectivity index is 3.44. The van der Waals surface area contributed by atoms with Crippen molar-refractivity contribution >= 4 is 20.2 Å². The van der Waals surface area contributed by atoms with Gasteiger partial charge in [-0.05, 0) is 12.8 Å². The second-order valence-corrected chi connectivity index (χ2v) is 4.22. The van der Waals surface area contributed by atoms with Crippen molar-refractivity contribution in [3.05, 3.63) is 0 Å². The van der Waals surface area contributed by atoms with Gasteiger partial charge in [0, 0.05) is 0 Å². The summed E-state index contributed by atoms with van der Waals surface area (Å²) in [6.45, 7) is 5.07. The van der Waals surface area contributed by atoms with E-state index >= 15 is 0 Å². The van der Waals surface area contributed by atoms with Gasteiger partial charge < -0.3 is 13.9 Å². The maximum absolute atomic E-state index is 5.58. The monoisotopic (exact) mass is 240 g/mol. The van der Waals surface area contributed by atoms with Gasteiger partial charge in [-0.3, -0.25) is 0 Å². The molecule has 3 nitrogen and oxygen atoms in total. The van der Waals surface area contributed by atoms with Gasteiger partial charge in [-0.2, -0.15) is 0 Å². The lowest BCUT2D eigenvalue weighted by atomic mass is 10.4. The molecule has 0 heterocycles. The Hall–Kier alpha value is 0.387. The largest absolute Gasteiger partial charge is 0.362 e. The van der Waals surface area contributed by atoms with Gasteiger partial charge in [0.25, 0.3) is 15.5 Å². The molecule has 0 bridgehead atoms. The molecule has 0 fully saturated rings. The predicted octanol–water partition coefficient (Wildman–Crippen LogP) is 2.16. The van der Waals surface area contributed by atoms with E-state index in [1.165, 1.54) is 0 Å². The van der Waals surface area contributed by atoms with Crippen LogP contribution in [0.25, 0.3) is 0 Å². The van der Waals surface area contributed by atoms with Crippen molar-refractivity contribution in [3.8, 4) is 0 Å². The van der Waals surface area contributed by atoms with Crippen LogP contribution < -0.4 is 0 Å². The molecule has 0 spiro atoms. The average molecular weight is 241 g/mol. The molecule has 0 radical (unpaired) electrons. The molecule has 0 saturated carbocycles. The first-order chi connectivity index (χ1) is 6.85. The average Bonchev–Trinajstić information content (AvgIpc) is 2.18. The van der Waals surface area contributed by atoms with E-state index in [1.807, 2.05) is 0 Å². The first kappa shape index (κ1) is 14.4. The maximum Gasteiger partial charge on any atom is 0.264 e. The summed E-state index contributed by atoms with van der Waals surface area (Å²) in [4.78, 5) is 0. The molecule has 0 rings (SSSR count). The Kier molecular flexibility index (Phi) is 11.8. The Morgan fingerprint density at radius 2 is 1.57 bits per heavy atom. The minimum Gasteiger partial charge on any atom is -0.362 e. The van der Waals surface area contributed by atoms with Gasteiger partial charge in [-0.15, -0.1) is 11.1 Å². The fourth-order valence-corrected chi connectivity index (χ4v) is 1.45. The standard InChI is InChI=1S/C9H21ClO3Si/c1-3-5-7-11-9(13-14-10)12-8-6-4-2/h9H,3-8,14H2,1-2H3. The van der Waals surface area contributed by atoms with Crippen LogP contribution in [0.15, 0.2) is 0 Å². The molecule has 0 N–H and O–H groups in total. The zero-order chi connectivity index (χ0) is 10.6. The molecule has 0 aromatic rings. The van der Waals surface area contributed by atoms with Crippen LogP contribution in [-0.4, -0.2) is 28.8 Å². The summed E-state index contributed by atoms with van der Waals surface area (Å²) >= 11 is 5.58. The quantitative estimate of drug-likeness (QED) is 0.254. The van der Waals surface area contributed by atoms with Crippen molar-refractivity contribution in [2.45, 2.75) is 46.0 Å². The van der Waals surface area contributed by atoms with E-state index in [2.05, 4.69) is 13.8 Å². The molecular weight excluding hydrogens is 220 g/mol. The molecule has 0 aromatic carbocycles. The zero-order valence-electron chi connectivity index (χ0n) is 9.13. The Bertz CT molecular complexity index is 106. The number of hydrogen-bond acceptors (Lipinski definition) is 3. The molecule has 14 heavy (non-hydrogen) atoms. The van der Waals surface area contributed by atoms with E-state index in [4.69, 9.17) is 25.0 Å². The van der Waals surface area contributed by atoms with Crippen molar-refractivity contribution in [2.75, 3.05) is 13.2 Å². The Morgan fingerprint density at radius 3 is 1.93 bits per heavy atom. The molecule has 0 unspecified atom stereocenters. The normalized spacial score (nSPS) is 12.0. The van der Waals surface area contributed by atoms with Gasteiger partial charge in [-0.1, -0.05) is 26.7 Å². The van der Waals surface area contributed by atoms with E-state index < -0.39 is 15.5 Å². The van der Waals surface area contributed by atoms with Gasteiger partial charge in [0.2, 0.25) is 0 Å². The molecule has 86 valence electrons. The SMILES string of the molecule is CCCCOC(OCCCC)O[SiH2]Cl. The third kappa shape index (κ3) is 8.96. The molecule has 0 aromatic heterocycles. The molecule has 0 amide bonds. The second kappa shape index (κ2) is 11.5. The summed E-state index contributed by atoms with van der Waals surface area (Å²) in [5.74, 6) is 0. The summed E-state index contributed by atoms with van der Waals surface area (Å²) in [6.07, 6.45) is 4.28. The lowest BCUT2D eigenvalue weighted by Gasteiger charge is -2.17. The number of ether oxygens (including phenoxy) is 2. The molecule has 0 aliphatic rings. The highest BCUT2D eigenvalue weighted by molar-refractivity contribution is 6.89. The summed E-state index contributed by atoms with van der Waals surface area (Å²) < 4.78 is 15.9. The second-order valence-electron chi connectivity index (χ2n) is 3.01. The van der Waals surface area contributed by atoms with Crippen molar-refractivity contribution in [2.24, 2.45) is 0 Å². The van der Waals surface area contributed by atoms with Gasteiger partial charge >= 0.3 is 0 Å². The fraction of sp³-hybridized carbons (Fsp3) is 1.00. The highest BCUT2D eigenvalue weighted by Crippen LogP contribution is 2.02. The lowest BCUT2D eigenvalue weighted by Crippen LogP contribution is -2.22. The fourth-order valence-electron chi connectivity index (χ4n) is 0.844. The van der Waals surface area contributed by atoms with E-state index in [0.717, 1.165) is 25.7 Å². The minimum absolute atomic E-state index is 0.530. The Labute approximate surface area is 93.7 Å². The Morgan fingerprint density at radius 1 is 1.07 bits per heavy atom. The lowest BCUT2D eigenvalue weighted by molar-refractivity contribution is -0.247. The first-order valence-corrected chi connectivity index (χ1v) is 7.97. The summed E-state index contributed by atoms with van der Waals surface area (Å²) in [5.41, 5.74) is 0. The number of rotatable bonds is 10. The van der Waals surface area contributed by atoms with Gasteiger partial charge in [0.05, 0.1) is 13.2 Å². The maximum atomic E-state index is 5.58. The highest BCUT2D eigenvalue weighted by atomic mass is 35.6. The number of unbranched alkanes of at least 4 members (excludes halogenated alkanes) is 2. The van der Waals surface area contributed by atoms with Crippen LogP contribution in [0.3, 0.4) is 0 Å². The molecule has 5 heteroatoms. The van der Waals surface area contributed by atoms with Crippen molar-refractivity contribution in [1.82, 2.24) is 0 Å². The predicted molar refractivity (Wildman–Crippen MR) is 61.0 cm³/mol. The zero-order valence-corrected chi connectivity index (χ0v) is 11.3. The summed E-state index contributed by atoms with van der Waals surface area (Å²) in [6, 6.07) is 0. The minimum atomic E-state index is -0.980. The van der Waals surface area contributed by atoms with E-state index in [0.29, 0.717) is 13.2 Å². The molecule has 0 saturated heterocycles. The molecule has 0 atom stereocenters. The molecule has 0 aliphatic heterocycles. The van der Waals surface area contributed by atoms with Crippen LogP contribution in [0.5, 0.6) is 0 Å². The van der Waals surface area contributed by atoms with Crippen LogP contribution >= 0.6 is 11.1 Å². The third-order valence-corrected chi connectivity index (χ3v) is 2.48. The van der Waals surface area contributed by atoms with Crippen LogP contribution in [0.2, 0.25) is 0 Å². The molecular formula is C9H21ClO3Si. The van der Waals surface area contributed by atoms with Crippen LogP contribution in [0.4, 0.5) is 0 Å². The van der Waals surface area contributed by atoms with Crippen LogP contribution in [0, 0.1) is 0 Å². The topological polar surface area (TPSA) is 27.7 Å². The van der Waals surface area contributed by atoms with Crippen molar-refractivity contribution in [3.63, 3.8) is 0 Å². The van der Waals surface area contributed by atoms with Gasteiger partial charge in [0.15, 0.2) is 0 Å². The van der Waals surface area contributed by atoms with E-state index in [9.17, 15) is 0 Å². The summed E-state index contributed by atoms with van der Waals surface area (Å²) in [5, 5.41) is 0. The summed E-state index contributed by atoms with van der Waals surface area (Å²) in [7, 11) is -0.980. The number of halogens is 1. The third-order valence-electron chi connectivity index (χ3n) is 1.70. The smallest absolute Gasteiger partial charge is 0.264 e. The van der Waals surface area contributed by atoms with E-state index in [1.54, 1.807) is 0 Å². The molecule has 0 aliphatic carbocycles. The van der Waals surface area contributed by atoms with Gasteiger partial charge in [0.1, 0.15) is 0 Å². The van der Waals surface area contributed by atoms with Gasteiger partial charge in [-0.25, -0.2) is 0 Å².